The molecule has 2 amide bonds. The molecule has 2 N–H and O–H groups in total. The average Bonchev–Trinajstić information content (AvgIpc) is 2.55. The van der Waals surface area contributed by atoms with Gasteiger partial charge in [-0.2, -0.15) is 4.98 Å². The Hall–Kier alpha value is -3.03. The van der Waals surface area contributed by atoms with E-state index in [9.17, 15) is 4.79 Å². The van der Waals surface area contributed by atoms with Crippen LogP contribution in [0, 0.1) is 0 Å². The molecule has 8 nitrogen and oxygen atoms in total. The zero-order chi connectivity index (χ0) is 15.9. The first-order valence-electron chi connectivity index (χ1n) is 6.33. The normalized spacial score (nSPS) is 9.77. The summed E-state index contributed by atoms with van der Waals surface area (Å²) < 4.78 is 15.0. The van der Waals surface area contributed by atoms with Crippen molar-refractivity contribution in [1.82, 2.24) is 9.97 Å². The van der Waals surface area contributed by atoms with Crippen LogP contribution in [0.25, 0.3) is 0 Å². The smallest absolute Gasteiger partial charge is 0.323 e. The summed E-state index contributed by atoms with van der Waals surface area (Å²) in [4.78, 5) is 19.9. The predicted octanol–water partition coefficient (Wildman–Crippen LogP) is 2.15. The molecule has 0 aliphatic heterocycles. The van der Waals surface area contributed by atoms with Crippen molar-refractivity contribution in [2.45, 2.75) is 0 Å². The Balaban J connectivity index is 2.04. The van der Waals surface area contributed by atoms with Gasteiger partial charge in [-0.1, -0.05) is 0 Å². The lowest BCUT2D eigenvalue weighted by Crippen LogP contribution is -2.20. The van der Waals surface area contributed by atoms with E-state index in [0.717, 1.165) is 0 Å². The van der Waals surface area contributed by atoms with Crippen LogP contribution in [0.15, 0.2) is 30.5 Å². The Bertz CT molecular complexity index is 646. The Morgan fingerprint density at radius 3 is 2.32 bits per heavy atom. The number of benzene rings is 1. The van der Waals surface area contributed by atoms with E-state index in [1.54, 1.807) is 31.4 Å². The van der Waals surface area contributed by atoms with E-state index in [0.29, 0.717) is 17.1 Å². The quantitative estimate of drug-likeness (QED) is 0.879. The first kappa shape index (κ1) is 15.4. The number of urea groups is 1. The lowest BCUT2D eigenvalue weighted by Gasteiger charge is -2.11. The second kappa shape index (κ2) is 7.11. The number of carbonyl (C=O) groups excluding carboxylic acids is 1. The highest BCUT2D eigenvalue weighted by atomic mass is 16.5. The summed E-state index contributed by atoms with van der Waals surface area (Å²) >= 11 is 0. The molecule has 0 fully saturated rings. The van der Waals surface area contributed by atoms with Crippen molar-refractivity contribution < 1.29 is 19.0 Å². The molecule has 0 radical (unpaired) electrons. The molecular weight excluding hydrogens is 288 g/mol. The number of aromatic nitrogens is 2. The topological polar surface area (TPSA) is 94.6 Å². The molecule has 0 aliphatic carbocycles. The maximum absolute atomic E-state index is 12.0. The third-order valence-corrected chi connectivity index (χ3v) is 2.70. The Labute approximate surface area is 127 Å². The van der Waals surface area contributed by atoms with Gasteiger partial charge >= 0.3 is 12.0 Å². The molecule has 2 aromatic rings. The van der Waals surface area contributed by atoms with Gasteiger partial charge < -0.3 is 24.8 Å². The summed E-state index contributed by atoms with van der Waals surface area (Å²) in [6, 6.07) is 6.63. The Morgan fingerprint density at radius 2 is 1.73 bits per heavy atom. The molecule has 1 heterocycles. The van der Waals surface area contributed by atoms with Crippen molar-refractivity contribution >= 4 is 17.4 Å². The number of methoxy groups -OCH3 is 3. The molecule has 8 heteroatoms. The van der Waals surface area contributed by atoms with E-state index < -0.39 is 6.03 Å². The summed E-state index contributed by atoms with van der Waals surface area (Å²) in [5, 5.41) is 5.28. The van der Waals surface area contributed by atoms with Crippen molar-refractivity contribution in [2.24, 2.45) is 0 Å². The molecule has 0 saturated carbocycles. The van der Waals surface area contributed by atoms with Crippen molar-refractivity contribution in [3.63, 3.8) is 0 Å². The molecule has 0 aliphatic rings. The third-order valence-electron chi connectivity index (χ3n) is 2.70. The van der Waals surface area contributed by atoms with E-state index in [1.807, 2.05) is 0 Å². The number of nitrogens with zero attached hydrogens (tertiary/aromatic N) is 2. The van der Waals surface area contributed by atoms with Gasteiger partial charge in [0.15, 0.2) is 0 Å². The van der Waals surface area contributed by atoms with Crippen LogP contribution in [0.4, 0.5) is 16.2 Å². The number of rotatable bonds is 5. The molecule has 0 spiro atoms. The largest absolute Gasteiger partial charge is 0.497 e. The summed E-state index contributed by atoms with van der Waals surface area (Å²) in [5.74, 6) is 0.910. The maximum atomic E-state index is 12.0. The highest BCUT2D eigenvalue weighted by molar-refractivity contribution is 6.00. The highest BCUT2D eigenvalue weighted by Crippen LogP contribution is 2.23. The molecule has 2 rings (SSSR count). The van der Waals surface area contributed by atoms with Gasteiger partial charge in [-0.15, -0.1) is 0 Å². The number of amides is 2. The van der Waals surface area contributed by atoms with Crippen molar-refractivity contribution in [1.29, 1.82) is 0 Å². The van der Waals surface area contributed by atoms with Gasteiger partial charge in [0.1, 0.15) is 11.4 Å². The van der Waals surface area contributed by atoms with Crippen LogP contribution in [0.3, 0.4) is 0 Å². The number of nitrogens with one attached hydrogen (secondary N) is 2. The van der Waals surface area contributed by atoms with Gasteiger partial charge in [-0.05, 0) is 24.3 Å². The van der Waals surface area contributed by atoms with Crippen molar-refractivity contribution in [3.8, 4) is 17.6 Å². The van der Waals surface area contributed by atoms with Crippen LogP contribution in [0.1, 0.15) is 0 Å². The number of ether oxygens (including phenoxy) is 3. The SMILES string of the molecule is COc1ccc(NC(=O)Nc2cnc(OC)nc2OC)cc1. The molecule has 0 saturated heterocycles. The molecule has 0 unspecified atom stereocenters. The fourth-order valence-corrected chi connectivity index (χ4v) is 1.65. The minimum Gasteiger partial charge on any atom is -0.497 e. The van der Waals surface area contributed by atoms with E-state index in [1.165, 1.54) is 20.4 Å². The fourth-order valence-electron chi connectivity index (χ4n) is 1.65. The molecule has 22 heavy (non-hydrogen) atoms. The molecular formula is C14H16N4O4. The first-order chi connectivity index (χ1) is 10.7. The lowest BCUT2D eigenvalue weighted by atomic mass is 10.3. The average molecular weight is 304 g/mol. The van der Waals surface area contributed by atoms with Crippen LogP contribution in [-0.2, 0) is 0 Å². The van der Waals surface area contributed by atoms with Gasteiger partial charge in [0.05, 0.1) is 27.5 Å². The summed E-state index contributed by atoms with van der Waals surface area (Å²) in [6.07, 6.45) is 1.40. The minimum atomic E-state index is -0.447. The molecule has 0 bridgehead atoms. The Kier molecular flexibility index (Phi) is 4.97. The number of hydrogen-bond donors (Lipinski definition) is 2. The summed E-state index contributed by atoms with van der Waals surface area (Å²) in [6.45, 7) is 0. The van der Waals surface area contributed by atoms with Crippen LogP contribution in [0.5, 0.6) is 17.6 Å². The maximum Gasteiger partial charge on any atom is 0.323 e. The van der Waals surface area contributed by atoms with Gasteiger partial charge in [0.25, 0.3) is 0 Å². The first-order valence-corrected chi connectivity index (χ1v) is 6.33. The number of carbonyl (C=O) groups is 1. The summed E-state index contributed by atoms with van der Waals surface area (Å²) in [5.41, 5.74) is 0.945. The summed E-state index contributed by atoms with van der Waals surface area (Å²) in [7, 11) is 4.46. The fraction of sp³-hybridized carbons (Fsp3) is 0.214. The zero-order valence-electron chi connectivity index (χ0n) is 12.4. The second-order valence-electron chi connectivity index (χ2n) is 4.09. The number of anilines is 2. The van der Waals surface area contributed by atoms with Crippen molar-refractivity contribution in [3.05, 3.63) is 30.5 Å². The molecule has 1 aromatic heterocycles. The van der Waals surface area contributed by atoms with Gasteiger partial charge in [0.2, 0.25) is 5.88 Å². The van der Waals surface area contributed by atoms with Gasteiger partial charge in [-0.25, -0.2) is 9.78 Å². The van der Waals surface area contributed by atoms with Gasteiger partial charge in [-0.3, -0.25) is 0 Å². The van der Waals surface area contributed by atoms with E-state index in [-0.39, 0.29) is 11.9 Å². The minimum absolute atomic E-state index is 0.151. The van der Waals surface area contributed by atoms with Crippen LogP contribution >= 0.6 is 0 Å². The van der Waals surface area contributed by atoms with E-state index in [4.69, 9.17) is 14.2 Å². The monoisotopic (exact) mass is 304 g/mol. The molecule has 0 atom stereocenters. The molecule has 116 valence electrons. The van der Waals surface area contributed by atoms with Crippen LogP contribution in [-0.4, -0.2) is 37.3 Å². The van der Waals surface area contributed by atoms with E-state index in [2.05, 4.69) is 20.6 Å². The second-order valence-corrected chi connectivity index (χ2v) is 4.09. The zero-order valence-corrected chi connectivity index (χ0v) is 12.4. The van der Waals surface area contributed by atoms with Crippen molar-refractivity contribution in [2.75, 3.05) is 32.0 Å². The third kappa shape index (κ3) is 3.75. The van der Waals surface area contributed by atoms with E-state index >= 15 is 0 Å². The van der Waals surface area contributed by atoms with Gasteiger partial charge in [0, 0.05) is 5.69 Å². The molecule has 1 aromatic carbocycles. The number of hydrogen-bond acceptors (Lipinski definition) is 6. The van der Waals surface area contributed by atoms with Crippen LogP contribution < -0.4 is 24.8 Å². The van der Waals surface area contributed by atoms with Crippen LogP contribution in [0.2, 0.25) is 0 Å². The Morgan fingerprint density at radius 1 is 1.00 bits per heavy atom. The predicted molar refractivity (Wildman–Crippen MR) is 80.8 cm³/mol. The standard InChI is InChI=1S/C14H16N4O4/c1-20-10-6-4-9(5-7-10)16-13(19)17-11-8-15-14(22-3)18-12(11)21-2/h4-8H,1-3H3,(H2,16,17,19). The lowest BCUT2D eigenvalue weighted by molar-refractivity contribution is 0.262. The highest BCUT2D eigenvalue weighted by Gasteiger charge is 2.11.